The number of aromatic nitrogens is 1. The van der Waals surface area contributed by atoms with Crippen molar-refractivity contribution in [3.8, 4) is 0 Å². The number of amides is 3. The highest BCUT2D eigenvalue weighted by Gasteiger charge is 2.52. The van der Waals surface area contributed by atoms with Crippen molar-refractivity contribution in [1.82, 2.24) is 20.9 Å². The number of carbonyl (C=O) groups excluding carboxylic acids is 3. The Hall–Kier alpha value is -3.03. The first kappa shape index (κ1) is 25.6. The van der Waals surface area contributed by atoms with Crippen LogP contribution >= 0.6 is 0 Å². The predicted octanol–water partition coefficient (Wildman–Crippen LogP) is 4.19. The van der Waals surface area contributed by atoms with Gasteiger partial charge < -0.3 is 25.7 Å². The summed E-state index contributed by atoms with van der Waals surface area (Å²) in [7, 11) is 0. The van der Waals surface area contributed by atoms with Crippen molar-refractivity contribution in [3.05, 3.63) is 36.0 Å². The van der Waals surface area contributed by atoms with Crippen molar-refractivity contribution >= 4 is 28.8 Å². The minimum atomic E-state index is -0.854. The summed E-state index contributed by atoms with van der Waals surface area (Å²) >= 11 is 0. The molecule has 0 saturated heterocycles. The van der Waals surface area contributed by atoms with Crippen LogP contribution in [0.2, 0.25) is 0 Å². The highest BCUT2D eigenvalue weighted by atomic mass is 16.6. The Morgan fingerprint density at radius 2 is 1.62 bits per heavy atom. The highest BCUT2D eigenvalue weighted by molar-refractivity contribution is 5.92. The first-order valence-electron chi connectivity index (χ1n) is 13.7. The van der Waals surface area contributed by atoms with Gasteiger partial charge in [-0.1, -0.05) is 18.2 Å². The lowest BCUT2D eigenvalue weighted by molar-refractivity contribution is -0.133. The lowest BCUT2D eigenvalue weighted by Crippen LogP contribution is -2.63. The number of alkyl carbamates (subject to hydrolysis) is 1. The van der Waals surface area contributed by atoms with Gasteiger partial charge in [-0.3, -0.25) is 9.59 Å². The molecule has 3 amide bonds. The molecule has 4 bridgehead atoms. The maximum absolute atomic E-state index is 13.8. The molecule has 0 unspecified atom stereocenters. The number of H-pyrrole nitrogens is 1. The van der Waals surface area contributed by atoms with Gasteiger partial charge in [-0.2, -0.15) is 0 Å². The van der Waals surface area contributed by atoms with Gasteiger partial charge in [0.2, 0.25) is 11.8 Å². The average Bonchev–Trinajstić information content (AvgIpc) is 3.19. The van der Waals surface area contributed by atoms with E-state index in [2.05, 4.69) is 20.9 Å². The van der Waals surface area contributed by atoms with Gasteiger partial charge in [0.1, 0.15) is 17.7 Å². The number of hydrogen-bond acceptors (Lipinski definition) is 4. The van der Waals surface area contributed by atoms with Crippen molar-refractivity contribution < 1.29 is 19.1 Å². The van der Waals surface area contributed by atoms with Gasteiger partial charge >= 0.3 is 6.09 Å². The summed E-state index contributed by atoms with van der Waals surface area (Å²) < 4.78 is 5.29. The van der Waals surface area contributed by atoms with Crippen LogP contribution in [-0.4, -0.2) is 46.1 Å². The van der Waals surface area contributed by atoms with Crippen molar-refractivity contribution in [1.29, 1.82) is 0 Å². The first-order chi connectivity index (χ1) is 17.5. The van der Waals surface area contributed by atoms with Gasteiger partial charge in [0, 0.05) is 29.1 Å². The van der Waals surface area contributed by atoms with Gasteiger partial charge in [0.15, 0.2) is 0 Å². The van der Waals surface area contributed by atoms with E-state index < -0.39 is 29.7 Å². The fourth-order valence-corrected chi connectivity index (χ4v) is 7.19. The molecule has 1 heterocycles. The summed E-state index contributed by atoms with van der Waals surface area (Å²) in [6, 6.07) is 6.33. The second kappa shape index (κ2) is 9.69. The number of nitrogens with one attached hydrogen (secondary N) is 4. The molecule has 0 radical (unpaired) electrons. The Bertz CT molecular complexity index is 1140. The second-order valence-electron chi connectivity index (χ2n) is 12.7. The molecule has 2 atom stereocenters. The van der Waals surface area contributed by atoms with Crippen LogP contribution in [-0.2, 0) is 20.7 Å². The van der Waals surface area contributed by atoms with Crippen LogP contribution in [0.5, 0.6) is 0 Å². The Kier molecular flexibility index (Phi) is 6.71. The fourth-order valence-electron chi connectivity index (χ4n) is 7.19. The van der Waals surface area contributed by atoms with E-state index in [1.165, 1.54) is 19.3 Å². The summed E-state index contributed by atoms with van der Waals surface area (Å²) in [5, 5.41) is 9.98. The molecule has 0 spiro atoms. The van der Waals surface area contributed by atoms with Crippen LogP contribution < -0.4 is 16.0 Å². The van der Waals surface area contributed by atoms with Gasteiger partial charge in [-0.15, -0.1) is 0 Å². The van der Waals surface area contributed by atoms with Crippen LogP contribution in [0.25, 0.3) is 10.9 Å². The standard InChI is InChI=1S/C29H40N4O4/c1-17(31-27(36)37-28(2,3)4)25(34)32-24(12-21-16-30-23-8-6-5-7-22(21)23)26(35)33-29-13-18-9-19(14-29)11-20(10-18)15-29/h5-8,16-20,24,30H,9-15H2,1-4H3,(H,31,36)(H,32,34)(H,33,35)/t17-,18?,19?,20?,24+,29?/m0/s1. The molecule has 37 heavy (non-hydrogen) atoms. The van der Waals surface area contributed by atoms with E-state index in [9.17, 15) is 14.4 Å². The lowest BCUT2D eigenvalue weighted by Gasteiger charge is -2.57. The van der Waals surface area contributed by atoms with Crippen LogP contribution in [0.15, 0.2) is 30.5 Å². The smallest absolute Gasteiger partial charge is 0.408 e. The molecule has 4 fully saturated rings. The van der Waals surface area contributed by atoms with E-state index in [1.54, 1.807) is 27.7 Å². The van der Waals surface area contributed by atoms with Gasteiger partial charge in [0.25, 0.3) is 0 Å². The van der Waals surface area contributed by atoms with Gasteiger partial charge in [-0.25, -0.2) is 4.79 Å². The SMILES string of the molecule is C[C@H](NC(=O)OC(C)(C)C)C(=O)N[C@H](Cc1c[nH]c2ccccc12)C(=O)NC12CC3CC(CC(C3)C1)C2. The summed E-state index contributed by atoms with van der Waals surface area (Å²) in [6.45, 7) is 6.90. The predicted molar refractivity (Wildman–Crippen MR) is 142 cm³/mol. The topological polar surface area (TPSA) is 112 Å². The summed E-state index contributed by atoms with van der Waals surface area (Å²) in [5.41, 5.74) is 1.13. The van der Waals surface area contributed by atoms with Crippen molar-refractivity contribution in [2.24, 2.45) is 17.8 Å². The zero-order valence-electron chi connectivity index (χ0n) is 22.4. The summed E-state index contributed by atoms with van der Waals surface area (Å²) in [4.78, 5) is 42.4. The summed E-state index contributed by atoms with van der Waals surface area (Å²) in [6.07, 6.45) is 8.58. The minimum Gasteiger partial charge on any atom is -0.444 e. The molecular formula is C29H40N4O4. The molecule has 4 saturated carbocycles. The molecule has 1 aromatic heterocycles. The Morgan fingerprint density at radius 1 is 1.00 bits per heavy atom. The largest absolute Gasteiger partial charge is 0.444 e. The minimum absolute atomic E-state index is 0.148. The van der Waals surface area contributed by atoms with Gasteiger partial charge in [0.05, 0.1) is 0 Å². The maximum Gasteiger partial charge on any atom is 0.408 e. The first-order valence-corrected chi connectivity index (χ1v) is 13.7. The maximum atomic E-state index is 13.8. The van der Waals surface area contributed by atoms with E-state index in [1.807, 2.05) is 30.5 Å². The van der Waals surface area contributed by atoms with Crippen molar-refractivity contribution in [2.75, 3.05) is 0 Å². The molecule has 6 rings (SSSR count). The number of fused-ring (bicyclic) bond motifs is 1. The Balaban J connectivity index is 1.32. The molecule has 4 aliphatic rings. The number of hydrogen-bond donors (Lipinski definition) is 4. The number of para-hydroxylation sites is 1. The normalized spacial score (nSPS) is 27.9. The lowest BCUT2D eigenvalue weighted by atomic mass is 9.53. The van der Waals surface area contributed by atoms with E-state index in [0.29, 0.717) is 24.2 Å². The van der Waals surface area contributed by atoms with E-state index in [4.69, 9.17) is 4.74 Å². The van der Waals surface area contributed by atoms with Crippen LogP contribution in [0, 0.1) is 17.8 Å². The van der Waals surface area contributed by atoms with E-state index in [0.717, 1.165) is 35.7 Å². The molecule has 8 heteroatoms. The number of benzene rings is 1. The van der Waals surface area contributed by atoms with E-state index in [-0.39, 0.29) is 11.4 Å². The molecule has 8 nitrogen and oxygen atoms in total. The quantitative estimate of drug-likeness (QED) is 0.449. The summed E-state index contributed by atoms with van der Waals surface area (Å²) in [5.74, 6) is 1.53. The third-order valence-corrected chi connectivity index (χ3v) is 8.29. The fraction of sp³-hybridized carbons (Fsp3) is 0.621. The van der Waals surface area contributed by atoms with Crippen LogP contribution in [0.4, 0.5) is 4.79 Å². The second-order valence-corrected chi connectivity index (χ2v) is 12.7. The molecule has 1 aromatic carbocycles. The number of ether oxygens (including phenoxy) is 1. The third kappa shape index (κ3) is 5.78. The van der Waals surface area contributed by atoms with E-state index >= 15 is 0 Å². The number of carbonyl (C=O) groups is 3. The zero-order valence-corrected chi connectivity index (χ0v) is 22.4. The Morgan fingerprint density at radius 3 is 2.24 bits per heavy atom. The van der Waals surface area contributed by atoms with Crippen molar-refractivity contribution in [2.45, 2.75) is 95.9 Å². The van der Waals surface area contributed by atoms with Crippen molar-refractivity contribution in [3.63, 3.8) is 0 Å². The third-order valence-electron chi connectivity index (χ3n) is 8.29. The van der Waals surface area contributed by atoms with Crippen LogP contribution in [0.3, 0.4) is 0 Å². The number of aromatic amines is 1. The van der Waals surface area contributed by atoms with Gasteiger partial charge in [-0.05, 0) is 95.6 Å². The molecular weight excluding hydrogens is 468 g/mol. The highest BCUT2D eigenvalue weighted by Crippen LogP contribution is 2.55. The zero-order chi connectivity index (χ0) is 26.4. The molecule has 2 aromatic rings. The molecule has 0 aliphatic heterocycles. The Labute approximate surface area is 218 Å². The molecule has 4 N–H and O–H groups in total. The molecule has 4 aliphatic carbocycles. The monoisotopic (exact) mass is 508 g/mol. The number of rotatable bonds is 7. The average molecular weight is 509 g/mol. The van der Waals surface area contributed by atoms with Crippen LogP contribution in [0.1, 0.15) is 71.8 Å². The molecule has 200 valence electrons.